The van der Waals surface area contributed by atoms with Crippen LogP contribution >= 0.6 is 0 Å². The van der Waals surface area contributed by atoms with Crippen molar-refractivity contribution in [2.45, 2.75) is 63.4 Å². The number of nitrogens with one attached hydrogen (secondary N) is 2. The van der Waals surface area contributed by atoms with E-state index >= 15 is 0 Å². The zero-order valence-electron chi connectivity index (χ0n) is 17.2. The number of carbonyl (C=O) groups is 1. The highest BCUT2D eigenvalue weighted by Crippen LogP contribution is 2.20. The van der Waals surface area contributed by atoms with Crippen LogP contribution < -0.4 is 10.0 Å². The topological polar surface area (TPSA) is 78.5 Å². The number of benzene rings is 1. The fourth-order valence-corrected chi connectivity index (χ4v) is 4.83. The minimum Gasteiger partial charge on any atom is -0.353 e. The Morgan fingerprint density at radius 2 is 1.79 bits per heavy atom. The Labute approximate surface area is 167 Å². The van der Waals surface area contributed by atoms with Crippen LogP contribution in [-0.2, 0) is 14.8 Å². The van der Waals surface area contributed by atoms with Gasteiger partial charge < -0.3 is 5.32 Å². The minimum absolute atomic E-state index is 0.220. The van der Waals surface area contributed by atoms with Gasteiger partial charge in [0.25, 0.3) is 0 Å². The first-order valence-electron chi connectivity index (χ1n) is 9.84. The van der Waals surface area contributed by atoms with Gasteiger partial charge in [0, 0.05) is 12.1 Å². The molecule has 158 valence electrons. The lowest BCUT2D eigenvalue weighted by Crippen LogP contribution is -2.56. The average Bonchev–Trinajstić information content (AvgIpc) is 2.65. The molecule has 0 saturated carbocycles. The third-order valence-electron chi connectivity index (χ3n) is 5.26. The van der Waals surface area contributed by atoms with Crippen molar-refractivity contribution in [3.05, 3.63) is 30.1 Å². The number of rotatable bonds is 8. The summed E-state index contributed by atoms with van der Waals surface area (Å²) in [5.74, 6) is -1.54. The molecular weight excluding hydrogens is 381 g/mol. The molecule has 1 amide bonds. The van der Waals surface area contributed by atoms with Crippen LogP contribution in [0.15, 0.2) is 29.2 Å². The molecule has 1 aliphatic heterocycles. The lowest BCUT2D eigenvalue weighted by molar-refractivity contribution is -0.124. The van der Waals surface area contributed by atoms with Crippen molar-refractivity contribution in [1.29, 1.82) is 0 Å². The molecule has 0 unspecified atom stereocenters. The molecule has 2 rings (SSSR count). The molecule has 0 aliphatic carbocycles. The van der Waals surface area contributed by atoms with Gasteiger partial charge >= 0.3 is 0 Å². The second-order valence-electron chi connectivity index (χ2n) is 8.35. The highest BCUT2D eigenvalue weighted by Gasteiger charge is 2.32. The van der Waals surface area contributed by atoms with Gasteiger partial charge in [-0.3, -0.25) is 9.69 Å². The van der Waals surface area contributed by atoms with Gasteiger partial charge in [-0.25, -0.2) is 12.8 Å². The maximum Gasteiger partial charge on any atom is 0.244 e. The van der Waals surface area contributed by atoms with Crippen LogP contribution in [0.1, 0.15) is 47.0 Å². The number of nitrogens with zero attached hydrogens (tertiary/aromatic N) is 1. The number of sulfonamides is 1. The quantitative estimate of drug-likeness (QED) is 0.686. The third kappa shape index (κ3) is 5.75. The molecule has 0 radical (unpaired) electrons. The first kappa shape index (κ1) is 22.8. The smallest absolute Gasteiger partial charge is 0.244 e. The van der Waals surface area contributed by atoms with Gasteiger partial charge in [0.15, 0.2) is 0 Å². The van der Waals surface area contributed by atoms with Crippen LogP contribution in [0.5, 0.6) is 0 Å². The number of halogens is 1. The number of carbonyl (C=O) groups excluding carboxylic acids is 1. The number of hydrogen-bond acceptors (Lipinski definition) is 4. The van der Waals surface area contributed by atoms with E-state index in [9.17, 15) is 17.6 Å². The summed E-state index contributed by atoms with van der Waals surface area (Å²) in [5, 5.41) is 2.89. The molecule has 2 N–H and O–H groups in total. The van der Waals surface area contributed by atoms with E-state index < -0.39 is 32.7 Å². The van der Waals surface area contributed by atoms with E-state index in [1.54, 1.807) is 13.8 Å². The van der Waals surface area contributed by atoms with Gasteiger partial charge in [-0.15, -0.1) is 0 Å². The lowest BCUT2D eigenvalue weighted by Gasteiger charge is -2.41. The summed E-state index contributed by atoms with van der Waals surface area (Å²) >= 11 is 0. The Balaban J connectivity index is 2.06. The van der Waals surface area contributed by atoms with Crippen molar-refractivity contribution in [2.75, 3.05) is 19.6 Å². The Morgan fingerprint density at radius 3 is 2.36 bits per heavy atom. The summed E-state index contributed by atoms with van der Waals surface area (Å²) in [6.07, 6.45) is 3.52. The van der Waals surface area contributed by atoms with Crippen LogP contribution in [0.2, 0.25) is 0 Å². The van der Waals surface area contributed by atoms with E-state index in [1.165, 1.54) is 24.6 Å². The number of amides is 1. The number of hydrogen-bond donors (Lipinski definition) is 2. The van der Waals surface area contributed by atoms with Crippen molar-refractivity contribution < 1.29 is 17.6 Å². The summed E-state index contributed by atoms with van der Waals surface area (Å²) in [5.41, 5.74) is -0.220. The second kappa shape index (κ2) is 9.33. The molecule has 6 nitrogen and oxygen atoms in total. The molecule has 0 spiro atoms. The van der Waals surface area contributed by atoms with Gasteiger partial charge in [0.05, 0.1) is 0 Å². The molecule has 1 fully saturated rings. The first-order valence-corrected chi connectivity index (χ1v) is 11.3. The summed E-state index contributed by atoms with van der Waals surface area (Å²) in [6.45, 7) is 10.1. The zero-order chi connectivity index (χ0) is 20.9. The summed E-state index contributed by atoms with van der Waals surface area (Å²) in [7, 11) is -4.15. The summed E-state index contributed by atoms with van der Waals surface area (Å²) in [6, 6.07) is 4.15. The van der Waals surface area contributed by atoms with E-state index in [0.717, 1.165) is 32.0 Å². The largest absolute Gasteiger partial charge is 0.353 e. The maximum atomic E-state index is 13.9. The predicted molar refractivity (Wildman–Crippen MR) is 108 cm³/mol. The lowest BCUT2D eigenvalue weighted by atomic mass is 9.98. The van der Waals surface area contributed by atoms with Crippen molar-refractivity contribution in [3.63, 3.8) is 0 Å². The van der Waals surface area contributed by atoms with E-state index in [0.29, 0.717) is 6.54 Å². The van der Waals surface area contributed by atoms with Gasteiger partial charge in [-0.1, -0.05) is 32.4 Å². The summed E-state index contributed by atoms with van der Waals surface area (Å²) < 4.78 is 41.5. The standard InChI is InChI=1S/C20H32FN3O3S/c1-15(2)18(23-28(26,27)17-11-7-6-10-16(17)21)19(25)22-14-20(3,4)24-12-8-5-9-13-24/h6-7,10-11,15,18,23H,5,8-9,12-14H2,1-4H3,(H,22,25)/t18-/m0/s1. The van der Waals surface area contributed by atoms with Gasteiger partial charge in [-0.2, -0.15) is 4.72 Å². The maximum absolute atomic E-state index is 13.9. The predicted octanol–water partition coefficient (Wildman–Crippen LogP) is 2.51. The van der Waals surface area contributed by atoms with E-state index in [2.05, 4.69) is 28.8 Å². The third-order valence-corrected chi connectivity index (χ3v) is 6.74. The molecule has 1 saturated heterocycles. The Bertz CT molecular complexity index is 775. The number of piperidine rings is 1. The van der Waals surface area contributed by atoms with Gasteiger partial charge in [-0.05, 0) is 57.8 Å². The molecule has 1 atom stereocenters. The van der Waals surface area contributed by atoms with Crippen molar-refractivity contribution in [2.24, 2.45) is 5.92 Å². The van der Waals surface area contributed by atoms with Crippen LogP contribution in [0, 0.1) is 11.7 Å². The normalized spacial score (nSPS) is 17.5. The molecule has 1 heterocycles. The highest BCUT2D eigenvalue weighted by atomic mass is 32.2. The minimum atomic E-state index is -4.15. The Morgan fingerprint density at radius 1 is 1.18 bits per heavy atom. The first-order chi connectivity index (χ1) is 13.0. The van der Waals surface area contributed by atoms with Gasteiger partial charge in [0.1, 0.15) is 16.8 Å². The molecular formula is C20H32FN3O3S. The van der Waals surface area contributed by atoms with Crippen molar-refractivity contribution >= 4 is 15.9 Å². The van der Waals surface area contributed by atoms with E-state index in [-0.39, 0.29) is 11.5 Å². The Kier molecular flexibility index (Phi) is 7.59. The average molecular weight is 414 g/mol. The Hall–Kier alpha value is -1.51. The van der Waals surface area contributed by atoms with Crippen LogP contribution in [0.4, 0.5) is 4.39 Å². The van der Waals surface area contributed by atoms with E-state index in [4.69, 9.17) is 0 Å². The second-order valence-corrected chi connectivity index (χ2v) is 10.0. The highest BCUT2D eigenvalue weighted by molar-refractivity contribution is 7.89. The van der Waals surface area contributed by atoms with E-state index in [1.807, 2.05) is 0 Å². The SMILES string of the molecule is CC(C)[C@H](NS(=O)(=O)c1ccccc1F)C(=O)NCC(C)(C)N1CCCCC1. The molecule has 0 aromatic heterocycles. The fraction of sp³-hybridized carbons (Fsp3) is 0.650. The molecule has 1 aromatic rings. The molecule has 1 aromatic carbocycles. The molecule has 0 bridgehead atoms. The van der Waals surface area contributed by atoms with Crippen LogP contribution in [-0.4, -0.2) is 50.4 Å². The molecule has 1 aliphatic rings. The van der Waals surface area contributed by atoms with Crippen molar-refractivity contribution in [3.8, 4) is 0 Å². The summed E-state index contributed by atoms with van der Waals surface area (Å²) in [4.78, 5) is 14.7. The zero-order valence-corrected chi connectivity index (χ0v) is 18.0. The van der Waals surface area contributed by atoms with Crippen LogP contribution in [0.25, 0.3) is 0 Å². The van der Waals surface area contributed by atoms with Crippen LogP contribution in [0.3, 0.4) is 0 Å². The van der Waals surface area contributed by atoms with Gasteiger partial charge in [0.2, 0.25) is 15.9 Å². The van der Waals surface area contributed by atoms with Crippen molar-refractivity contribution in [1.82, 2.24) is 14.9 Å². The number of likely N-dealkylation sites (tertiary alicyclic amines) is 1. The molecule has 8 heteroatoms. The monoisotopic (exact) mass is 413 g/mol. The molecule has 28 heavy (non-hydrogen) atoms. The fourth-order valence-electron chi connectivity index (χ4n) is 3.41.